The molecule has 0 radical (unpaired) electrons. The van der Waals surface area contributed by atoms with Gasteiger partial charge in [0.25, 0.3) is 0 Å². The monoisotopic (exact) mass is 416 g/mol. The van der Waals surface area contributed by atoms with Gasteiger partial charge >= 0.3 is 0 Å². The molecule has 0 bridgehead atoms. The fourth-order valence-electron chi connectivity index (χ4n) is 3.41. The largest absolute Gasteiger partial charge is 0.359 e. The van der Waals surface area contributed by atoms with E-state index in [1.54, 1.807) is 29.0 Å². The molecule has 1 aliphatic heterocycles. The number of carbonyl (C=O) groups excluding carboxylic acids is 1. The van der Waals surface area contributed by atoms with Crippen LogP contribution in [0.5, 0.6) is 0 Å². The number of aromatic nitrogens is 4. The molecule has 1 N–H and O–H groups in total. The molecular formula is C20H25ClN6O2. The van der Waals surface area contributed by atoms with Crippen molar-refractivity contribution in [2.45, 2.75) is 31.8 Å². The third-order valence-electron chi connectivity index (χ3n) is 5.01. The summed E-state index contributed by atoms with van der Waals surface area (Å²) in [6.07, 6.45) is 7.63. The zero-order chi connectivity index (χ0) is 19.3. The third-order valence-corrected chi connectivity index (χ3v) is 5.01. The van der Waals surface area contributed by atoms with Gasteiger partial charge in [-0.2, -0.15) is 5.10 Å². The Morgan fingerprint density at radius 1 is 1.41 bits per heavy atom. The number of pyridine rings is 1. The first-order chi connectivity index (χ1) is 13.7. The number of likely N-dealkylation sites (N-methyl/N-ethyl adjacent to an activating group) is 1. The number of hydrogen-bond acceptors (Lipinski definition) is 6. The lowest BCUT2D eigenvalue weighted by atomic mass is 9.97. The van der Waals surface area contributed by atoms with E-state index >= 15 is 0 Å². The van der Waals surface area contributed by atoms with Gasteiger partial charge in [0, 0.05) is 49.7 Å². The molecule has 3 aromatic rings. The molecule has 1 unspecified atom stereocenters. The molecule has 1 aliphatic rings. The number of amides is 1. The van der Waals surface area contributed by atoms with Crippen LogP contribution in [0.15, 0.2) is 47.4 Å². The van der Waals surface area contributed by atoms with Crippen LogP contribution in [-0.2, 0) is 17.9 Å². The Hall–Kier alpha value is -2.71. The summed E-state index contributed by atoms with van der Waals surface area (Å²) in [5, 5.41) is 12.1. The van der Waals surface area contributed by atoms with Gasteiger partial charge < -0.3 is 14.7 Å². The summed E-state index contributed by atoms with van der Waals surface area (Å²) in [7, 11) is 1.75. The van der Waals surface area contributed by atoms with Crippen LogP contribution in [0.2, 0.25) is 0 Å². The maximum atomic E-state index is 12.6. The summed E-state index contributed by atoms with van der Waals surface area (Å²) in [4.78, 5) is 18.3. The molecule has 1 amide bonds. The van der Waals surface area contributed by atoms with Crippen molar-refractivity contribution in [3.05, 3.63) is 54.3 Å². The van der Waals surface area contributed by atoms with Crippen molar-refractivity contribution in [2.24, 2.45) is 0 Å². The number of nitrogens with one attached hydrogen (secondary N) is 1. The fourth-order valence-corrected chi connectivity index (χ4v) is 3.41. The number of carbonyl (C=O) groups is 1. The normalized spacial score (nSPS) is 16.2. The minimum absolute atomic E-state index is 0. The van der Waals surface area contributed by atoms with E-state index in [4.69, 9.17) is 4.52 Å². The van der Waals surface area contributed by atoms with Crippen molar-refractivity contribution in [3.63, 3.8) is 0 Å². The fraction of sp³-hybridized carbons (Fsp3) is 0.400. The summed E-state index contributed by atoms with van der Waals surface area (Å²) in [6.45, 7) is 2.59. The van der Waals surface area contributed by atoms with Gasteiger partial charge in [-0.1, -0.05) is 5.16 Å². The van der Waals surface area contributed by atoms with Gasteiger partial charge in [0.2, 0.25) is 5.91 Å². The number of hydrogen-bond donors (Lipinski definition) is 1. The molecule has 154 valence electrons. The Kier molecular flexibility index (Phi) is 7.00. The van der Waals surface area contributed by atoms with Crippen molar-refractivity contribution in [1.82, 2.24) is 30.1 Å². The van der Waals surface area contributed by atoms with Gasteiger partial charge in [-0.15, -0.1) is 12.4 Å². The van der Waals surface area contributed by atoms with Gasteiger partial charge in [0.15, 0.2) is 5.76 Å². The van der Waals surface area contributed by atoms with Crippen LogP contribution >= 0.6 is 12.4 Å². The minimum Gasteiger partial charge on any atom is -0.359 e. The molecule has 1 fully saturated rings. The first-order valence-electron chi connectivity index (χ1n) is 9.53. The van der Waals surface area contributed by atoms with E-state index in [-0.39, 0.29) is 24.9 Å². The summed E-state index contributed by atoms with van der Waals surface area (Å²) < 4.78 is 7.09. The first kappa shape index (κ1) is 21.0. The number of rotatable bonds is 6. The Morgan fingerprint density at radius 2 is 2.31 bits per heavy atom. The van der Waals surface area contributed by atoms with E-state index in [0.29, 0.717) is 23.9 Å². The average Bonchev–Trinajstić information content (AvgIpc) is 3.39. The molecular weight excluding hydrogens is 392 g/mol. The first-order valence-corrected chi connectivity index (χ1v) is 9.53. The SMILES string of the molecule is CN(Cc1cc(-c2cccnc2)no1)C(=O)Cn1ccc(C2CCCNC2)n1.Cl. The van der Waals surface area contributed by atoms with Crippen molar-refractivity contribution in [1.29, 1.82) is 0 Å². The second kappa shape index (κ2) is 9.67. The van der Waals surface area contributed by atoms with Gasteiger partial charge in [-0.25, -0.2) is 0 Å². The molecule has 0 saturated carbocycles. The Bertz CT molecular complexity index is 920. The number of piperidine rings is 1. The lowest BCUT2D eigenvalue weighted by Gasteiger charge is -2.20. The molecule has 1 atom stereocenters. The zero-order valence-electron chi connectivity index (χ0n) is 16.3. The smallest absolute Gasteiger partial charge is 0.244 e. The van der Waals surface area contributed by atoms with Crippen molar-refractivity contribution >= 4 is 18.3 Å². The average molecular weight is 417 g/mol. The molecule has 0 aliphatic carbocycles. The van der Waals surface area contributed by atoms with Crippen LogP contribution < -0.4 is 5.32 Å². The summed E-state index contributed by atoms with van der Waals surface area (Å²) in [5.41, 5.74) is 2.65. The summed E-state index contributed by atoms with van der Waals surface area (Å²) >= 11 is 0. The van der Waals surface area contributed by atoms with Crippen LogP contribution in [0, 0.1) is 0 Å². The molecule has 8 nitrogen and oxygen atoms in total. The van der Waals surface area contributed by atoms with E-state index in [1.165, 1.54) is 0 Å². The second-order valence-corrected chi connectivity index (χ2v) is 7.15. The number of nitrogens with zero attached hydrogens (tertiary/aromatic N) is 5. The molecule has 0 spiro atoms. The quantitative estimate of drug-likeness (QED) is 0.664. The van der Waals surface area contributed by atoms with E-state index in [1.807, 2.05) is 30.5 Å². The van der Waals surface area contributed by atoms with Crippen molar-refractivity contribution in [2.75, 3.05) is 20.1 Å². The lowest BCUT2D eigenvalue weighted by molar-refractivity contribution is -0.131. The van der Waals surface area contributed by atoms with Gasteiger partial charge in [0.05, 0.1) is 12.2 Å². The minimum atomic E-state index is -0.0317. The lowest BCUT2D eigenvalue weighted by Crippen LogP contribution is -2.30. The van der Waals surface area contributed by atoms with Gasteiger partial charge in [0.1, 0.15) is 12.2 Å². The highest BCUT2D eigenvalue weighted by molar-refractivity contribution is 5.85. The van der Waals surface area contributed by atoms with Crippen LogP contribution in [0.4, 0.5) is 0 Å². The highest BCUT2D eigenvalue weighted by Gasteiger charge is 2.19. The molecule has 0 aromatic carbocycles. The van der Waals surface area contributed by atoms with E-state index in [0.717, 1.165) is 37.2 Å². The highest BCUT2D eigenvalue weighted by Crippen LogP contribution is 2.21. The standard InChI is InChI=1S/C20H24N6O2.ClH/c1-25(13-17-10-19(24-28-17)16-5-3-8-22-12-16)20(27)14-26-9-6-18(23-26)15-4-2-7-21-11-15;/h3,5-6,8-10,12,15,21H,2,4,7,11,13-14H2,1H3;1H. The molecule has 1 saturated heterocycles. The molecule has 29 heavy (non-hydrogen) atoms. The third kappa shape index (κ3) is 5.21. The van der Waals surface area contributed by atoms with Crippen molar-refractivity contribution in [3.8, 4) is 11.3 Å². The van der Waals surface area contributed by atoms with Crippen LogP contribution in [0.1, 0.15) is 30.2 Å². The molecule has 3 aromatic heterocycles. The Morgan fingerprint density at radius 3 is 3.07 bits per heavy atom. The van der Waals surface area contributed by atoms with Crippen molar-refractivity contribution < 1.29 is 9.32 Å². The maximum absolute atomic E-state index is 12.6. The molecule has 4 heterocycles. The maximum Gasteiger partial charge on any atom is 0.244 e. The Balaban J connectivity index is 0.00000240. The molecule has 4 rings (SSSR count). The number of halogens is 1. The van der Waals surface area contributed by atoms with Crippen LogP contribution in [0.3, 0.4) is 0 Å². The topological polar surface area (TPSA) is 89.1 Å². The van der Waals surface area contributed by atoms with E-state index in [9.17, 15) is 4.79 Å². The van der Waals surface area contributed by atoms with Crippen LogP contribution in [-0.4, -0.2) is 50.9 Å². The summed E-state index contributed by atoms with van der Waals surface area (Å²) in [6, 6.07) is 7.62. The molecule has 9 heteroatoms. The summed E-state index contributed by atoms with van der Waals surface area (Å²) in [5.74, 6) is 1.03. The zero-order valence-corrected chi connectivity index (χ0v) is 17.1. The highest BCUT2D eigenvalue weighted by atomic mass is 35.5. The van der Waals surface area contributed by atoms with Gasteiger partial charge in [-0.05, 0) is 37.6 Å². The second-order valence-electron chi connectivity index (χ2n) is 7.15. The van der Waals surface area contributed by atoms with E-state index < -0.39 is 0 Å². The predicted octanol–water partition coefficient (Wildman–Crippen LogP) is 2.48. The Labute approximate surface area is 175 Å². The van der Waals surface area contributed by atoms with Gasteiger partial charge in [-0.3, -0.25) is 14.5 Å². The van der Waals surface area contributed by atoms with Crippen LogP contribution in [0.25, 0.3) is 11.3 Å². The predicted molar refractivity (Wildman–Crippen MR) is 111 cm³/mol. The van der Waals surface area contributed by atoms with E-state index in [2.05, 4.69) is 20.6 Å².